The van der Waals surface area contributed by atoms with Crippen molar-refractivity contribution in [3.63, 3.8) is 0 Å². The molecule has 0 fully saturated rings. The van der Waals surface area contributed by atoms with Gasteiger partial charge in [0.2, 0.25) is 20.0 Å². The molecule has 8 nitrogen and oxygen atoms in total. The fourth-order valence-corrected chi connectivity index (χ4v) is 3.69. The lowest BCUT2D eigenvalue weighted by Gasteiger charge is -2.05. The summed E-state index contributed by atoms with van der Waals surface area (Å²) in [6.07, 6.45) is 1.47. The highest BCUT2D eigenvalue weighted by molar-refractivity contribution is 7.90. The van der Waals surface area contributed by atoms with Gasteiger partial charge in [-0.3, -0.25) is 0 Å². The number of rotatable bonds is 6. The third kappa shape index (κ3) is 3.94. The summed E-state index contributed by atoms with van der Waals surface area (Å²) in [6.45, 7) is -0.0135. The molecule has 1 heterocycles. The first kappa shape index (κ1) is 15.8. The standard InChI is InChI=1S/C11H16N4O4S2/c12-8-2-3-9-10(6-8)14-7-11(9)21(18,19)15-4-1-5-20(13,16)17/h2-3,6-7,14-15H,1,4-5,12H2,(H2,13,16,17). The summed E-state index contributed by atoms with van der Waals surface area (Å²) in [5.74, 6) is -0.278. The Balaban J connectivity index is 2.15. The van der Waals surface area contributed by atoms with Gasteiger partial charge in [-0.25, -0.2) is 26.7 Å². The highest BCUT2D eigenvalue weighted by Crippen LogP contribution is 2.24. The van der Waals surface area contributed by atoms with Crippen molar-refractivity contribution in [1.29, 1.82) is 0 Å². The molecule has 1 aromatic carbocycles. The molecule has 2 aromatic rings. The third-order valence-corrected chi connectivity index (χ3v) is 5.21. The van der Waals surface area contributed by atoms with Gasteiger partial charge in [-0.05, 0) is 24.6 Å². The minimum atomic E-state index is -3.73. The zero-order chi connectivity index (χ0) is 15.7. The van der Waals surface area contributed by atoms with E-state index in [0.29, 0.717) is 16.6 Å². The zero-order valence-corrected chi connectivity index (χ0v) is 12.7. The molecule has 116 valence electrons. The van der Waals surface area contributed by atoms with Crippen molar-refractivity contribution in [2.75, 3.05) is 18.0 Å². The first-order valence-electron chi connectivity index (χ1n) is 6.06. The van der Waals surface area contributed by atoms with Crippen LogP contribution in [0.15, 0.2) is 29.3 Å². The van der Waals surface area contributed by atoms with E-state index < -0.39 is 20.0 Å². The van der Waals surface area contributed by atoms with E-state index in [1.54, 1.807) is 18.2 Å². The molecule has 1 aromatic heterocycles. The Bertz CT molecular complexity index is 855. The Morgan fingerprint density at radius 1 is 1.19 bits per heavy atom. The Morgan fingerprint density at radius 3 is 2.57 bits per heavy atom. The van der Waals surface area contributed by atoms with Crippen molar-refractivity contribution in [1.82, 2.24) is 9.71 Å². The van der Waals surface area contributed by atoms with Crippen LogP contribution in [0.1, 0.15) is 6.42 Å². The van der Waals surface area contributed by atoms with Crippen LogP contribution in [-0.4, -0.2) is 34.1 Å². The average Bonchev–Trinajstić information content (AvgIpc) is 2.77. The van der Waals surface area contributed by atoms with Gasteiger partial charge >= 0.3 is 0 Å². The third-order valence-electron chi connectivity index (χ3n) is 2.86. The van der Waals surface area contributed by atoms with Gasteiger partial charge in [0.05, 0.1) is 5.75 Å². The van der Waals surface area contributed by atoms with E-state index in [9.17, 15) is 16.8 Å². The van der Waals surface area contributed by atoms with E-state index in [1.165, 1.54) is 6.20 Å². The van der Waals surface area contributed by atoms with E-state index in [0.717, 1.165) is 0 Å². The number of hydrogen-bond donors (Lipinski definition) is 4. The summed E-state index contributed by atoms with van der Waals surface area (Å²) < 4.78 is 48.2. The fraction of sp³-hybridized carbons (Fsp3) is 0.273. The number of nitrogens with one attached hydrogen (secondary N) is 2. The molecule has 2 rings (SSSR count). The number of hydrogen-bond acceptors (Lipinski definition) is 5. The molecular weight excluding hydrogens is 316 g/mol. The van der Waals surface area contributed by atoms with Crippen LogP contribution in [-0.2, 0) is 20.0 Å². The largest absolute Gasteiger partial charge is 0.399 e. The molecule has 0 amide bonds. The summed E-state index contributed by atoms with van der Waals surface area (Å²) in [4.78, 5) is 2.93. The number of aromatic nitrogens is 1. The van der Waals surface area contributed by atoms with Crippen molar-refractivity contribution < 1.29 is 16.8 Å². The SMILES string of the molecule is Nc1ccc2c(S(=O)(=O)NCCCS(N)(=O)=O)c[nH]c2c1. The van der Waals surface area contributed by atoms with E-state index in [4.69, 9.17) is 10.9 Å². The molecule has 10 heteroatoms. The number of fused-ring (bicyclic) bond motifs is 1. The summed E-state index contributed by atoms with van der Waals surface area (Å²) in [6, 6.07) is 4.85. The maximum Gasteiger partial charge on any atom is 0.242 e. The molecule has 0 aliphatic carbocycles. The van der Waals surface area contributed by atoms with Crippen molar-refractivity contribution in [2.45, 2.75) is 11.3 Å². The molecule has 21 heavy (non-hydrogen) atoms. The molecule has 0 saturated carbocycles. The molecule has 0 unspecified atom stereocenters. The fourth-order valence-electron chi connectivity index (χ4n) is 1.90. The van der Waals surface area contributed by atoms with Gasteiger partial charge in [0.25, 0.3) is 0 Å². The number of nitrogens with two attached hydrogens (primary N) is 2. The summed E-state index contributed by atoms with van der Waals surface area (Å²) in [5, 5.41) is 5.36. The second-order valence-corrected chi connectivity index (χ2v) is 8.05. The van der Waals surface area contributed by atoms with Crippen LogP contribution in [0.3, 0.4) is 0 Å². The van der Waals surface area contributed by atoms with Crippen LogP contribution in [0.2, 0.25) is 0 Å². The smallest absolute Gasteiger partial charge is 0.242 e. The Morgan fingerprint density at radius 2 is 1.90 bits per heavy atom. The normalized spacial score (nSPS) is 12.8. The van der Waals surface area contributed by atoms with Gasteiger partial charge < -0.3 is 10.7 Å². The average molecular weight is 332 g/mol. The van der Waals surface area contributed by atoms with Crippen LogP contribution in [0, 0.1) is 0 Å². The van der Waals surface area contributed by atoms with Crippen molar-refractivity contribution in [3.8, 4) is 0 Å². The first-order chi connectivity index (χ1) is 9.69. The number of primary sulfonamides is 1. The van der Waals surface area contributed by atoms with E-state index in [1.807, 2.05) is 0 Å². The second-order valence-electron chi connectivity index (χ2n) is 4.58. The van der Waals surface area contributed by atoms with E-state index in [2.05, 4.69) is 9.71 Å². The predicted molar refractivity (Wildman–Crippen MR) is 80.5 cm³/mol. The molecule has 0 aliphatic heterocycles. The molecule has 0 aliphatic rings. The lowest BCUT2D eigenvalue weighted by molar-refractivity contribution is 0.577. The van der Waals surface area contributed by atoms with Gasteiger partial charge in [-0.2, -0.15) is 0 Å². The molecule has 0 radical (unpaired) electrons. The van der Waals surface area contributed by atoms with Crippen LogP contribution >= 0.6 is 0 Å². The van der Waals surface area contributed by atoms with Crippen molar-refractivity contribution >= 4 is 36.6 Å². The highest BCUT2D eigenvalue weighted by Gasteiger charge is 2.18. The lowest BCUT2D eigenvalue weighted by atomic mass is 10.2. The summed E-state index contributed by atoms with van der Waals surface area (Å²) >= 11 is 0. The zero-order valence-electron chi connectivity index (χ0n) is 11.0. The molecule has 0 spiro atoms. The number of anilines is 1. The molecule has 0 saturated heterocycles. The topological polar surface area (TPSA) is 148 Å². The maximum absolute atomic E-state index is 12.2. The first-order valence-corrected chi connectivity index (χ1v) is 9.26. The van der Waals surface area contributed by atoms with Crippen LogP contribution in [0.4, 0.5) is 5.69 Å². The highest BCUT2D eigenvalue weighted by atomic mass is 32.2. The van der Waals surface area contributed by atoms with Crippen molar-refractivity contribution in [2.24, 2.45) is 5.14 Å². The Kier molecular flexibility index (Phi) is 4.23. The number of H-pyrrole nitrogens is 1. The minimum absolute atomic E-state index is 0.0135. The predicted octanol–water partition coefficient (Wildman–Crippen LogP) is -0.293. The molecule has 6 N–H and O–H groups in total. The second kappa shape index (κ2) is 5.64. The lowest BCUT2D eigenvalue weighted by Crippen LogP contribution is -2.27. The number of sulfonamides is 2. The summed E-state index contributed by atoms with van der Waals surface area (Å²) in [7, 11) is -7.32. The number of benzene rings is 1. The molecular formula is C11H16N4O4S2. The van der Waals surface area contributed by atoms with Gasteiger partial charge in [0, 0.05) is 29.3 Å². The quantitative estimate of drug-likeness (QED) is 0.423. The van der Waals surface area contributed by atoms with E-state index >= 15 is 0 Å². The van der Waals surface area contributed by atoms with Crippen LogP contribution < -0.4 is 15.6 Å². The van der Waals surface area contributed by atoms with Crippen LogP contribution in [0.5, 0.6) is 0 Å². The van der Waals surface area contributed by atoms with Gasteiger partial charge in [0.1, 0.15) is 4.90 Å². The minimum Gasteiger partial charge on any atom is -0.399 e. The Labute approximate surface area is 122 Å². The van der Waals surface area contributed by atoms with Gasteiger partial charge in [-0.1, -0.05) is 0 Å². The van der Waals surface area contributed by atoms with Gasteiger partial charge in [0.15, 0.2) is 0 Å². The maximum atomic E-state index is 12.2. The van der Waals surface area contributed by atoms with Crippen LogP contribution in [0.25, 0.3) is 10.9 Å². The Hall–Kier alpha value is -1.62. The monoisotopic (exact) mass is 332 g/mol. The molecule has 0 bridgehead atoms. The molecule has 0 atom stereocenters. The van der Waals surface area contributed by atoms with Crippen molar-refractivity contribution in [3.05, 3.63) is 24.4 Å². The summed E-state index contributed by atoms with van der Waals surface area (Å²) in [5.41, 5.74) is 6.76. The number of nitrogen functional groups attached to an aromatic ring is 1. The number of aromatic amines is 1. The van der Waals surface area contributed by atoms with E-state index in [-0.39, 0.29) is 23.6 Å². The van der Waals surface area contributed by atoms with Gasteiger partial charge in [-0.15, -0.1) is 0 Å².